The van der Waals surface area contributed by atoms with E-state index in [0.717, 1.165) is 36.2 Å². The molecular formula is C29H38N4O3. The van der Waals surface area contributed by atoms with Gasteiger partial charge >= 0.3 is 0 Å². The van der Waals surface area contributed by atoms with Crippen LogP contribution in [0.1, 0.15) is 61.0 Å². The lowest BCUT2D eigenvalue weighted by molar-refractivity contribution is -0.136. The number of fused-ring (bicyclic) bond motifs is 1. The zero-order chi connectivity index (χ0) is 25.8. The van der Waals surface area contributed by atoms with Gasteiger partial charge in [-0.05, 0) is 73.9 Å². The Morgan fingerprint density at radius 1 is 1.19 bits per heavy atom. The summed E-state index contributed by atoms with van der Waals surface area (Å²) in [4.78, 5) is 35.6. The molecule has 1 fully saturated rings. The number of aromatic nitrogens is 2. The van der Waals surface area contributed by atoms with Crippen LogP contribution in [0.25, 0.3) is 22.2 Å². The normalized spacial score (nSPS) is 14.6. The third-order valence-corrected chi connectivity index (χ3v) is 7.20. The Balaban J connectivity index is 1.52. The second kappa shape index (κ2) is 11.2. The highest BCUT2D eigenvalue weighted by atomic mass is 16.5. The number of aryl methyl sites for hydroxylation is 2. The SMILES string of the molecule is COCCN(C=O)CC(=O)N1CCC(c2ccc3[nH]c(-c4cc(C)nc(C)c4)c(C(C)C)c3c2)CC1. The van der Waals surface area contributed by atoms with E-state index in [1.165, 1.54) is 32.7 Å². The average Bonchev–Trinajstić information content (AvgIpc) is 3.25. The molecule has 7 nitrogen and oxygen atoms in total. The van der Waals surface area contributed by atoms with Gasteiger partial charge in [0.2, 0.25) is 12.3 Å². The molecule has 1 aromatic carbocycles. The topological polar surface area (TPSA) is 78.5 Å². The molecule has 0 aliphatic carbocycles. The number of carbonyl (C=O) groups is 2. The number of piperidine rings is 1. The second-order valence-corrected chi connectivity index (χ2v) is 10.2. The summed E-state index contributed by atoms with van der Waals surface area (Å²) in [6.07, 6.45) is 2.58. The maximum atomic E-state index is 12.7. The van der Waals surface area contributed by atoms with Gasteiger partial charge in [0.05, 0.1) is 18.8 Å². The van der Waals surface area contributed by atoms with Crippen LogP contribution in [0, 0.1) is 13.8 Å². The number of carbonyl (C=O) groups excluding carboxylic acids is 2. The van der Waals surface area contributed by atoms with Gasteiger partial charge in [-0.25, -0.2) is 0 Å². The molecule has 0 unspecified atom stereocenters. The Bertz CT molecular complexity index is 1200. The molecule has 1 aliphatic rings. The summed E-state index contributed by atoms with van der Waals surface area (Å²) < 4.78 is 5.02. The molecule has 36 heavy (non-hydrogen) atoms. The first-order valence-corrected chi connectivity index (χ1v) is 12.9. The number of nitrogens with zero attached hydrogens (tertiary/aromatic N) is 3. The van der Waals surface area contributed by atoms with Crippen LogP contribution in [0.3, 0.4) is 0 Å². The molecule has 1 saturated heterocycles. The summed E-state index contributed by atoms with van der Waals surface area (Å²) in [5.74, 6) is 0.793. The maximum Gasteiger partial charge on any atom is 0.242 e. The molecule has 0 atom stereocenters. The number of pyridine rings is 1. The lowest BCUT2D eigenvalue weighted by Crippen LogP contribution is -2.44. The van der Waals surface area contributed by atoms with Crippen LogP contribution in [0.5, 0.6) is 0 Å². The Kier molecular flexibility index (Phi) is 8.09. The van der Waals surface area contributed by atoms with Crippen molar-refractivity contribution in [1.29, 1.82) is 0 Å². The molecule has 192 valence electrons. The van der Waals surface area contributed by atoms with Gasteiger partial charge < -0.3 is 19.5 Å². The highest BCUT2D eigenvalue weighted by Crippen LogP contribution is 2.38. The summed E-state index contributed by atoms with van der Waals surface area (Å²) in [6.45, 7) is 11.0. The number of nitrogens with one attached hydrogen (secondary N) is 1. The third kappa shape index (κ3) is 5.62. The molecule has 2 aromatic heterocycles. The minimum absolute atomic E-state index is 0.00686. The number of hydrogen-bond acceptors (Lipinski definition) is 4. The zero-order valence-corrected chi connectivity index (χ0v) is 22.1. The number of likely N-dealkylation sites (tertiary alicyclic amines) is 1. The number of ether oxygens (including phenoxy) is 1. The lowest BCUT2D eigenvalue weighted by Gasteiger charge is -2.33. The van der Waals surface area contributed by atoms with Crippen molar-refractivity contribution >= 4 is 23.2 Å². The van der Waals surface area contributed by atoms with E-state index in [9.17, 15) is 9.59 Å². The van der Waals surface area contributed by atoms with Crippen molar-refractivity contribution in [2.45, 2.75) is 52.4 Å². The summed E-state index contributed by atoms with van der Waals surface area (Å²) in [5, 5.41) is 1.28. The smallest absolute Gasteiger partial charge is 0.242 e. The molecule has 3 aromatic rings. The Morgan fingerprint density at radius 2 is 1.89 bits per heavy atom. The van der Waals surface area contributed by atoms with E-state index < -0.39 is 0 Å². The van der Waals surface area contributed by atoms with Crippen LogP contribution in [-0.2, 0) is 14.3 Å². The molecule has 1 N–H and O–H groups in total. The van der Waals surface area contributed by atoms with Gasteiger partial charge in [-0.15, -0.1) is 0 Å². The monoisotopic (exact) mass is 490 g/mol. The van der Waals surface area contributed by atoms with E-state index in [-0.39, 0.29) is 12.5 Å². The Morgan fingerprint density at radius 3 is 2.50 bits per heavy atom. The highest BCUT2D eigenvalue weighted by Gasteiger charge is 2.26. The van der Waals surface area contributed by atoms with Crippen LogP contribution in [-0.4, -0.2) is 72.0 Å². The van der Waals surface area contributed by atoms with Gasteiger partial charge in [-0.2, -0.15) is 0 Å². The number of aromatic amines is 1. The number of benzene rings is 1. The van der Waals surface area contributed by atoms with Crippen LogP contribution in [0.4, 0.5) is 0 Å². The Labute approximate surface area is 213 Å². The number of H-pyrrole nitrogens is 1. The van der Waals surface area contributed by atoms with Crippen molar-refractivity contribution in [2.24, 2.45) is 0 Å². The predicted molar refractivity (Wildman–Crippen MR) is 143 cm³/mol. The first-order valence-electron chi connectivity index (χ1n) is 12.9. The summed E-state index contributed by atoms with van der Waals surface area (Å²) >= 11 is 0. The van der Waals surface area contributed by atoms with E-state index in [1.54, 1.807) is 7.11 Å². The van der Waals surface area contributed by atoms with Gasteiger partial charge in [0.25, 0.3) is 0 Å². The fraction of sp³-hybridized carbons (Fsp3) is 0.483. The van der Waals surface area contributed by atoms with E-state index in [0.29, 0.717) is 38.1 Å². The zero-order valence-electron chi connectivity index (χ0n) is 22.1. The number of amides is 2. The van der Waals surface area contributed by atoms with Crippen molar-refractivity contribution in [3.05, 3.63) is 52.8 Å². The largest absolute Gasteiger partial charge is 0.383 e. The molecule has 0 saturated carbocycles. The fourth-order valence-corrected chi connectivity index (χ4v) is 5.40. The maximum absolute atomic E-state index is 12.7. The molecule has 7 heteroatoms. The average molecular weight is 491 g/mol. The number of rotatable bonds is 9. The van der Waals surface area contributed by atoms with Gasteiger partial charge in [-0.1, -0.05) is 19.9 Å². The Hall–Kier alpha value is -3.19. The van der Waals surface area contributed by atoms with E-state index in [1.807, 2.05) is 18.7 Å². The minimum Gasteiger partial charge on any atom is -0.383 e. The van der Waals surface area contributed by atoms with Gasteiger partial charge in [0, 0.05) is 54.6 Å². The van der Waals surface area contributed by atoms with Crippen molar-refractivity contribution in [2.75, 3.05) is 39.9 Å². The van der Waals surface area contributed by atoms with E-state index in [2.05, 4.69) is 54.1 Å². The molecule has 0 bridgehead atoms. The first kappa shape index (κ1) is 25.9. The molecule has 3 heterocycles. The predicted octanol–water partition coefficient (Wildman–Crippen LogP) is 4.78. The molecule has 1 aliphatic heterocycles. The van der Waals surface area contributed by atoms with Crippen LogP contribution in [0.2, 0.25) is 0 Å². The summed E-state index contributed by atoms with van der Waals surface area (Å²) in [7, 11) is 1.59. The van der Waals surface area contributed by atoms with Crippen LogP contribution in [0.15, 0.2) is 30.3 Å². The summed E-state index contributed by atoms with van der Waals surface area (Å²) in [6, 6.07) is 11.1. The molecule has 0 spiro atoms. The van der Waals surface area contributed by atoms with Crippen LogP contribution < -0.4 is 0 Å². The number of hydrogen-bond donors (Lipinski definition) is 1. The number of methoxy groups -OCH3 is 1. The quantitative estimate of drug-likeness (QED) is 0.438. The molecule has 2 amide bonds. The van der Waals surface area contributed by atoms with Gasteiger partial charge in [0.1, 0.15) is 0 Å². The van der Waals surface area contributed by atoms with Gasteiger partial charge in [0.15, 0.2) is 0 Å². The summed E-state index contributed by atoms with van der Waals surface area (Å²) in [5.41, 5.74) is 8.24. The molecular weight excluding hydrogens is 452 g/mol. The fourth-order valence-electron chi connectivity index (χ4n) is 5.40. The molecule has 4 rings (SSSR count). The van der Waals surface area contributed by atoms with Crippen molar-refractivity contribution in [3.63, 3.8) is 0 Å². The van der Waals surface area contributed by atoms with Gasteiger partial charge in [-0.3, -0.25) is 14.6 Å². The molecule has 0 radical (unpaired) electrons. The van der Waals surface area contributed by atoms with Crippen molar-refractivity contribution in [3.8, 4) is 11.3 Å². The van der Waals surface area contributed by atoms with Crippen molar-refractivity contribution in [1.82, 2.24) is 19.8 Å². The lowest BCUT2D eigenvalue weighted by atomic mass is 9.87. The highest BCUT2D eigenvalue weighted by molar-refractivity contribution is 5.92. The second-order valence-electron chi connectivity index (χ2n) is 10.2. The van der Waals surface area contributed by atoms with Crippen molar-refractivity contribution < 1.29 is 14.3 Å². The minimum atomic E-state index is 0.00686. The van der Waals surface area contributed by atoms with E-state index >= 15 is 0 Å². The van der Waals surface area contributed by atoms with E-state index in [4.69, 9.17) is 4.74 Å². The van der Waals surface area contributed by atoms with Crippen LogP contribution >= 0.6 is 0 Å². The third-order valence-electron chi connectivity index (χ3n) is 7.20. The first-order chi connectivity index (χ1) is 17.3. The standard InChI is InChI=1S/C29H38N4O3/c1-19(2)28-25-16-23(6-7-26(25)31-29(28)24-14-20(3)30-21(4)15-24)22-8-10-33(11-9-22)27(35)17-32(18-34)12-13-36-5/h6-7,14-16,18-19,22,31H,8-13,17H2,1-5H3.